The summed E-state index contributed by atoms with van der Waals surface area (Å²) in [5, 5.41) is 3.57. The van der Waals surface area contributed by atoms with Crippen LogP contribution in [0.4, 0.5) is 0 Å². The molecule has 0 aromatic carbocycles. The third-order valence-corrected chi connectivity index (χ3v) is 3.46. The van der Waals surface area contributed by atoms with Crippen molar-refractivity contribution in [3.63, 3.8) is 0 Å². The molecule has 0 spiro atoms. The van der Waals surface area contributed by atoms with Crippen LogP contribution in [0.2, 0.25) is 0 Å². The number of alkyl halides is 1. The van der Waals surface area contributed by atoms with E-state index >= 15 is 0 Å². The van der Waals surface area contributed by atoms with Crippen LogP contribution in [0.25, 0.3) is 0 Å². The molecule has 0 aromatic rings. The minimum absolute atomic E-state index is 0.335. The molecule has 3 heteroatoms. The van der Waals surface area contributed by atoms with E-state index in [2.05, 4.69) is 19.2 Å². The molecular weight excluding hydrogens is 210 g/mol. The van der Waals surface area contributed by atoms with Crippen LogP contribution < -0.4 is 5.32 Å². The maximum Gasteiger partial charge on any atom is 0.0594 e. The Balaban J connectivity index is 2.12. The van der Waals surface area contributed by atoms with E-state index in [9.17, 15) is 0 Å². The fourth-order valence-corrected chi connectivity index (χ4v) is 2.57. The topological polar surface area (TPSA) is 21.3 Å². The zero-order chi connectivity index (χ0) is 11.1. The van der Waals surface area contributed by atoms with Crippen LogP contribution in [-0.2, 0) is 4.74 Å². The first-order valence-electron chi connectivity index (χ1n) is 6.15. The zero-order valence-corrected chi connectivity index (χ0v) is 10.7. The second-order valence-electron chi connectivity index (χ2n) is 4.68. The lowest BCUT2D eigenvalue weighted by molar-refractivity contribution is 0.0770. The monoisotopic (exact) mass is 233 g/mol. The lowest BCUT2D eigenvalue weighted by Gasteiger charge is -2.31. The highest BCUT2D eigenvalue weighted by Gasteiger charge is 2.23. The first kappa shape index (κ1) is 13.3. The molecule has 0 amide bonds. The zero-order valence-electron chi connectivity index (χ0n) is 9.97. The Labute approximate surface area is 98.7 Å². The Morgan fingerprint density at radius 3 is 2.73 bits per heavy atom. The van der Waals surface area contributed by atoms with Crippen LogP contribution in [-0.4, -0.2) is 31.2 Å². The summed E-state index contributed by atoms with van der Waals surface area (Å²) in [6.07, 6.45) is 5.58. The fourth-order valence-electron chi connectivity index (χ4n) is 2.20. The molecule has 90 valence electrons. The summed E-state index contributed by atoms with van der Waals surface area (Å²) >= 11 is 5.97. The molecule has 1 fully saturated rings. The molecule has 0 heterocycles. The van der Waals surface area contributed by atoms with Crippen molar-refractivity contribution in [3.8, 4) is 0 Å². The molecule has 1 aliphatic rings. The maximum atomic E-state index is 5.97. The van der Waals surface area contributed by atoms with Gasteiger partial charge in [0.2, 0.25) is 0 Å². The minimum Gasteiger partial charge on any atom is -0.377 e. The summed E-state index contributed by atoms with van der Waals surface area (Å²) in [5.41, 5.74) is 0. The van der Waals surface area contributed by atoms with Crippen LogP contribution in [0, 0.1) is 5.92 Å². The largest absolute Gasteiger partial charge is 0.377 e. The predicted octanol–water partition coefficient (Wildman–Crippen LogP) is 2.80. The summed E-state index contributed by atoms with van der Waals surface area (Å²) in [7, 11) is 0. The van der Waals surface area contributed by atoms with Crippen molar-refractivity contribution in [1.82, 2.24) is 5.32 Å². The molecule has 15 heavy (non-hydrogen) atoms. The summed E-state index contributed by atoms with van der Waals surface area (Å²) < 4.78 is 5.51. The van der Waals surface area contributed by atoms with Crippen molar-refractivity contribution in [2.75, 3.05) is 19.0 Å². The molecule has 0 radical (unpaired) electrons. The SMILES string of the molecule is CC(C)OCCNC1CCCCC1CCl. The second kappa shape index (κ2) is 7.48. The minimum atomic E-state index is 0.335. The second-order valence-corrected chi connectivity index (χ2v) is 4.99. The Hall–Kier alpha value is 0.210. The summed E-state index contributed by atoms with van der Waals surface area (Å²) in [4.78, 5) is 0. The summed E-state index contributed by atoms with van der Waals surface area (Å²) in [6, 6.07) is 0.618. The van der Waals surface area contributed by atoms with Gasteiger partial charge < -0.3 is 10.1 Å². The van der Waals surface area contributed by atoms with E-state index in [0.717, 1.165) is 19.0 Å². The average Bonchev–Trinajstić information content (AvgIpc) is 2.24. The average molecular weight is 234 g/mol. The van der Waals surface area contributed by atoms with Crippen LogP contribution in [0.15, 0.2) is 0 Å². The molecule has 0 aliphatic heterocycles. The van der Waals surface area contributed by atoms with Crippen molar-refractivity contribution in [3.05, 3.63) is 0 Å². The third-order valence-electron chi connectivity index (χ3n) is 3.07. The van der Waals surface area contributed by atoms with E-state index in [1.165, 1.54) is 25.7 Å². The summed E-state index contributed by atoms with van der Waals surface area (Å²) in [6.45, 7) is 5.91. The van der Waals surface area contributed by atoms with Gasteiger partial charge in [0.1, 0.15) is 0 Å². The number of rotatable bonds is 6. The number of ether oxygens (including phenoxy) is 1. The molecule has 0 bridgehead atoms. The normalized spacial score (nSPS) is 27.2. The highest BCUT2D eigenvalue weighted by molar-refractivity contribution is 6.18. The van der Waals surface area contributed by atoms with Crippen LogP contribution in [0.3, 0.4) is 0 Å². The lowest BCUT2D eigenvalue weighted by atomic mass is 9.86. The van der Waals surface area contributed by atoms with Gasteiger partial charge in [-0.2, -0.15) is 0 Å². The molecule has 1 N–H and O–H groups in total. The molecule has 0 aromatic heterocycles. The van der Waals surface area contributed by atoms with Gasteiger partial charge in [-0.1, -0.05) is 12.8 Å². The van der Waals surface area contributed by atoms with Gasteiger partial charge in [-0.05, 0) is 32.6 Å². The Kier molecular flexibility index (Phi) is 6.62. The third kappa shape index (κ3) is 5.19. The van der Waals surface area contributed by atoms with E-state index in [1.54, 1.807) is 0 Å². The summed E-state index contributed by atoms with van der Waals surface area (Å²) in [5.74, 6) is 1.46. The smallest absolute Gasteiger partial charge is 0.0594 e. The van der Waals surface area contributed by atoms with Crippen molar-refractivity contribution >= 4 is 11.6 Å². The molecule has 2 nitrogen and oxygen atoms in total. The van der Waals surface area contributed by atoms with Crippen molar-refractivity contribution in [2.45, 2.75) is 51.7 Å². The van der Waals surface area contributed by atoms with E-state index in [4.69, 9.17) is 16.3 Å². The molecule has 1 rings (SSSR count). The fraction of sp³-hybridized carbons (Fsp3) is 1.00. The van der Waals surface area contributed by atoms with Crippen molar-refractivity contribution in [1.29, 1.82) is 0 Å². The van der Waals surface area contributed by atoms with Crippen LogP contribution >= 0.6 is 11.6 Å². The van der Waals surface area contributed by atoms with Gasteiger partial charge >= 0.3 is 0 Å². The quantitative estimate of drug-likeness (QED) is 0.563. The van der Waals surface area contributed by atoms with Gasteiger partial charge in [-0.3, -0.25) is 0 Å². The van der Waals surface area contributed by atoms with E-state index in [0.29, 0.717) is 18.1 Å². The maximum absolute atomic E-state index is 5.97. The molecular formula is C12H24ClNO. The number of hydrogen-bond donors (Lipinski definition) is 1. The van der Waals surface area contributed by atoms with Gasteiger partial charge in [0.05, 0.1) is 12.7 Å². The van der Waals surface area contributed by atoms with Gasteiger partial charge in [0.15, 0.2) is 0 Å². The Morgan fingerprint density at radius 2 is 2.07 bits per heavy atom. The van der Waals surface area contributed by atoms with Gasteiger partial charge in [0.25, 0.3) is 0 Å². The Morgan fingerprint density at radius 1 is 1.33 bits per heavy atom. The lowest BCUT2D eigenvalue weighted by Crippen LogP contribution is -2.41. The van der Waals surface area contributed by atoms with E-state index in [1.807, 2.05) is 0 Å². The molecule has 1 aliphatic carbocycles. The molecule has 2 atom stereocenters. The van der Waals surface area contributed by atoms with Crippen LogP contribution in [0.5, 0.6) is 0 Å². The van der Waals surface area contributed by atoms with E-state index in [-0.39, 0.29) is 0 Å². The van der Waals surface area contributed by atoms with E-state index < -0.39 is 0 Å². The number of hydrogen-bond acceptors (Lipinski definition) is 2. The molecule has 1 saturated carbocycles. The van der Waals surface area contributed by atoms with Gasteiger partial charge in [0, 0.05) is 18.5 Å². The molecule has 2 unspecified atom stereocenters. The van der Waals surface area contributed by atoms with Crippen LogP contribution in [0.1, 0.15) is 39.5 Å². The van der Waals surface area contributed by atoms with Gasteiger partial charge in [-0.15, -0.1) is 11.6 Å². The first-order valence-corrected chi connectivity index (χ1v) is 6.68. The van der Waals surface area contributed by atoms with Crippen molar-refractivity contribution in [2.24, 2.45) is 5.92 Å². The number of nitrogens with one attached hydrogen (secondary N) is 1. The standard InChI is InChI=1S/C12H24ClNO/c1-10(2)15-8-7-14-12-6-4-3-5-11(12)9-13/h10-12,14H,3-9H2,1-2H3. The first-order chi connectivity index (χ1) is 7.24. The molecule has 0 saturated heterocycles. The number of halogens is 1. The Bertz CT molecular complexity index is 164. The predicted molar refractivity (Wildman–Crippen MR) is 65.6 cm³/mol. The van der Waals surface area contributed by atoms with Gasteiger partial charge in [-0.25, -0.2) is 0 Å². The highest BCUT2D eigenvalue weighted by Crippen LogP contribution is 2.25. The highest BCUT2D eigenvalue weighted by atomic mass is 35.5. The van der Waals surface area contributed by atoms with Crippen molar-refractivity contribution < 1.29 is 4.74 Å².